The molecule has 0 aliphatic rings. The highest BCUT2D eigenvalue weighted by Crippen LogP contribution is 2.27. The Balaban J connectivity index is 2.00. The highest BCUT2D eigenvalue weighted by atomic mass is 79.9. The second-order valence-electron chi connectivity index (χ2n) is 3.00. The molecule has 3 aromatic heterocycles. The summed E-state index contributed by atoms with van der Waals surface area (Å²) in [6.07, 6.45) is 0. The molecule has 0 unspecified atom stereocenters. The Morgan fingerprint density at radius 3 is 2.88 bits per heavy atom. The summed E-state index contributed by atoms with van der Waals surface area (Å²) in [4.78, 5) is 5.20. The summed E-state index contributed by atoms with van der Waals surface area (Å²) in [5, 5.41) is 5.82. The molecule has 3 rings (SSSR count). The third-order valence-corrected chi connectivity index (χ3v) is 3.24. The number of nitrogens with zero attached hydrogens (tertiary/aromatic N) is 2. The van der Waals surface area contributed by atoms with Crippen LogP contribution in [0.4, 0.5) is 0 Å². The first kappa shape index (κ1) is 9.80. The van der Waals surface area contributed by atoms with Crippen molar-refractivity contribution in [2.24, 2.45) is 0 Å². The number of hydrogen-bond acceptors (Lipinski definition) is 5. The molecule has 0 saturated heterocycles. The predicted molar refractivity (Wildman–Crippen MR) is 63.0 cm³/mol. The van der Waals surface area contributed by atoms with Gasteiger partial charge in [-0.05, 0) is 39.5 Å². The van der Waals surface area contributed by atoms with E-state index in [0.717, 1.165) is 4.88 Å². The second kappa shape index (κ2) is 3.88. The average Bonchev–Trinajstić information content (AvgIpc) is 2.97. The van der Waals surface area contributed by atoms with Crippen molar-refractivity contribution in [2.45, 2.75) is 0 Å². The van der Waals surface area contributed by atoms with Gasteiger partial charge in [-0.15, -0.1) is 11.3 Å². The molecule has 0 saturated carbocycles. The van der Waals surface area contributed by atoms with Crippen LogP contribution < -0.4 is 0 Å². The van der Waals surface area contributed by atoms with Gasteiger partial charge in [0.05, 0.1) is 4.88 Å². The molecule has 0 spiro atoms. The standard InChI is InChI=1S/C10H5BrN2O2S/c11-8-4-3-6(14-8)9-12-10(15-13-9)7-2-1-5-16-7/h1-5H. The maximum atomic E-state index is 5.34. The van der Waals surface area contributed by atoms with Crippen molar-refractivity contribution in [3.63, 3.8) is 0 Å². The van der Waals surface area contributed by atoms with Crippen molar-refractivity contribution in [3.8, 4) is 22.4 Å². The molecule has 0 bridgehead atoms. The molecule has 0 aliphatic heterocycles. The molecular formula is C10H5BrN2O2S. The molecule has 0 aliphatic carbocycles. The van der Waals surface area contributed by atoms with Crippen LogP contribution in [-0.4, -0.2) is 10.1 Å². The average molecular weight is 297 g/mol. The van der Waals surface area contributed by atoms with Gasteiger partial charge >= 0.3 is 0 Å². The Bertz CT molecular complexity index is 600. The lowest BCUT2D eigenvalue weighted by atomic mass is 10.4. The van der Waals surface area contributed by atoms with Crippen LogP contribution in [0, 0.1) is 0 Å². The quantitative estimate of drug-likeness (QED) is 0.721. The zero-order valence-corrected chi connectivity index (χ0v) is 10.3. The monoisotopic (exact) mass is 296 g/mol. The van der Waals surface area contributed by atoms with Gasteiger partial charge in [-0.2, -0.15) is 4.98 Å². The third kappa shape index (κ3) is 1.70. The lowest BCUT2D eigenvalue weighted by Crippen LogP contribution is -1.75. The van der Waals surface area contributed by atoms with Gasteiger partial charge in [-0.25, -0.2) is 0 Å². The molecule has 0 fully saturated rings. The van der Waals surface area contributed by atoms with Crippen LogP contribution in [0.2, 0.25) is 0 Å². The fourth-order valence-corrected chi connectivity index (χ4v) is 2.21. The van der Waals surface area contributed by atoms with Gasteiger partial charge < -0.3 is 8.94 Å². The predicted octanol–water partition coefficient (Wildman–Crippen LogP) is 3.82. The first-order chi connectivity index (χ1) is 7.83. The molecule has 0 radical (unpaired) electrons. The van der Waals surface area contributed by atoms with Crippen molar-refractivity contribution >= 4 is 27.3 Å². The van der Waals surface area contributed by atoms with Crippen molar-refractivity contribution in [2.75, 3.05) is 0 Å². The molecule has 0 amide bonds. The summed E-state index contributed by atoms with van der Waals surface area (Å²) in [6, 6.07) is 7.44. The molecule has 6 heteroatoms. The van der Waals surface area contributed by atoms with E-state index in [0.29, 0.717) is 22.1 Å². The van der Waals surface area contributed by atoms with Crippen molar-refractivity contribution in [1.29, 1.82) is 0 Å². The van der Waals surface area contributed by atoms with E-state index >= 15 is 0 Å². The van der Waals surface area contributed by atoms with Crippen molar-refractivity contribution in [1.82, 2.24) is 10.1 Å². The molecule has 0 atom stereocenters. The van der Waals surface area contributed by atoms with Crippen LogP contribution in [0.15, 0.2) is 43.3 Å². The zero-order chi connectivity index (χ0) is 11.0. The third-order valence-electron chi connectivity index (χ3n) is 1.95. The Morgan fingerprint density at radius 1 is 1.25 bits per heavy atom. The van der Waals surface area contributed by atoms with E-state index in [-0.39, 0.29) is 0 Å². The smallest absolute Gasteiger partial charge is 0.268 e. The van der Waals surface area contributed by atoms with Crippen LogP contribution in [-0.2, 0) is 0 Å². The van der Waals surface area contributed by atoms with Gasteiger partial charge in [-0.3, -0.25) is 0 Å². The molecule has 3 aromatic rings. The Kier molecular flexibility index (Phi) is 2.37. The number of thiophene rings is 1. The van der Waals surface area contributed by atoms with Crippen LogP contribution >= 0.6 is 27.3 Å². The van der Waals surface area contributed by atoms with E-state index in [1.807, 2.05) is 17.5 Å². The van der Waals surface area contributed by atoms with E-state index in [4.69, 9.17) is 8.94 Å². The van der Waals surface area contributed by atoms with E-state index in [2.05, 4.69) is 26.1 Å². The molecule has 16 heavy (non-hydrogen) atoms. The van der Waals surface area contributed by atoms with Crippen LogP contribution in [0.1, 0.15) is 0 Å². The molecule has 0 N–H and O–H groups in total. The molecular weight excluding hydrogens is 292 g/mol. The first-order valence-electron chi connectivity index (χ1n) is 4.46. The normalized spacial score (nSPS) is 10.8. The van der Waals surface area contributed by atoms with Gasteiger partial charge in [0.25, 0.3) is 5.89 Å². The molecule has 0 aromatic carbocycles. The molecule has 4 nitrogen and oxygen atoms in total. The highest BCUT2D eigenvalue weighted by Gasteiger charge is 2.13. The summed E-state index contributed by atoms with van der Waals surface area (Å²) in [7, 11) is 0. The van der Waals surface area contributed by atoms with Gasteiger partial charge in [0, 0.05) is 0 Å². The maximum Gasteiger partial charge on any atom is 0.268 e. The van der Waals surface area contributed by atoms with E-state index in [1.54, 1.807) is 23.5 Å². The SMILES string of the molecule is Brc1ccc(-c2noc(-c3cccs3)n2)o1. The van der Waals surface area contributed by atoms with Crippen LogP contribution in [0.5, 0.6) is 0 Å². The largest absolute Gasteiger partial charge is 0.446 e. The lowest BCUT2D eigenvalue weighted by molar-refractivity contribution is 0.430. The lowest BCUT2D eigenvalue weighted by Gasteiger charge is -1.84. The number of furan rings is 1. The fraction of sp³-hybridized carbons (Fsp3) is 0. The highest BCUT2D eigenvalue weighted by molar-refractivity contribution is 9.10. The number of aromatic nitrogens is 2. The van der Waals surface area contributed by atoms with Crippen LogP contribution in [0.3, 0.4) is 0 Å². The minimum atomic E-state index is 0.453. The summed E-state index contributed by atoms with van der Waals surface area (Å²) in [5.41, 5.74) is 0. The first-order valence-corrected chi connectivity index (χ1v) is 6.13. The van der Waals surface area contributed by atoms with E-state index < -0.39 is 0 Å². The number of rotatable bonds is 2. The molecule has 3 heterocycles. The van der Waals surface area contributed by atoms with Gasteiger partial charge in [-0.1, -0.05) is 11.2 Å². The summed E-state index contributed by atoms with van der Waals surface area (Å²) < 4.78 is 11.1. The summed E-state index contributed by atoms with van der Waals surface area (Å²) in [5.74, 6) is 1.55. The number of hydrogen-bond donors (Lipinski definition) is 0. The van der Waals surface area contributed by atoms with E-state index in [9.17, 15) is 0 Å². The minimum absolute atomic E-state index is 0.453. The number of halogens is 1. The minimum Gasteiger partial charge on any atom is -0.446 e. The Hall–Kier alpha value is -1.40. The Labute approximate surface area is 103 Å². The van der Waals surface area contributed by atoms with Crippen molar-refractivity contribution < 1.29 is 8.94 Å². The zero-order valence-electron chi connectivity index (χ0n) is 7.88. The topological polar surface area (TPSA) is 52.1 Å². The van der Waals surface area contributed by atoms with Crippen LogP contribution in [0.25, 0.3) is 22.4 Å². The summed E-state index contributed by atoms with van der Waals surface area (Å²) in [6.45, 7) is 0. The van der Waals surface area contributed by atoms with Gasteiger partial charge in [0.2, 0.25) is 5.82 Å². The van der Waals surface area contributed by atoms with Gasteiger partial charge in [0.1, 0.15) is 0 Å². The summed E-state index contributed by atoms with van der Waals surface area (Å²) >= 11 is 4.78. The van der Waals surface area contributed by atoms with Crippen molar-refractivity contribution in [3.05, 3.63) is 34.3 Å². The maximum absolute atomic E-state index is 5.34. The molecule has 80 valence electrons. The second-order valence-corrected chi connectivity index (χ2v) is 4.73. The Morgan fingerprint density at radius 2 is 2.19 bits per heavy atom. The van der Waals surface area contributed by atoms with E-state index in [1.165, 1.54) is 0 Å². The fourth-order valence-electron chi connectivity index (χ4n) is 1.26. The van der Waals surface area contributed by atoms with Gasteiger partial charge in [0.15, 0.2) is 10.4 Å².